The van der Waals surface area contributed by atoms with Crippen LogP contribution in [0.4, 0.5) is 13.2 Å². The number of alkyl halides is 3. The summed E-state index contributed by atoms with van der Waals surface area (Å²) < 4.78 is 69.1. The van der Waals surface area contributed by atoms with Crippen molar-refractivity contribution in [1.29, 1.82) is 0 Å². The molecule has 8 heteroatoms. The van der Waals surface area contributed by atoms with Crippen molar-refractivity contribution in [2.24, 2.45) is 0 Å². The molecule has 4 nitrogen and oxygen atoms in total. The van der Waals surface area contributed by atoms with Gasteiger partial charge in [0.25, 0.3) is 0 Å². The number of fused-ring (bicyclic) bond motifs is 9. The quantitative estimate of drug-likeness (QED) is 0.112. The molecule has 220 valence electrons. The zero-order valence-electron chi connectivity index (χ0n) is 23.4. The molecule has 0 unspecified atom stereocenters. The first kappa shape index (κ1) is 27.2. The maximum atomic E-state index is 13.0. The number of rotatable bonds is 4. The Bertz CT molecular complexity index is 2510. The van der Waals surface area contributed by atoms with Gasteiger partial charge in [0.1, 0.15) is 5.75 Å². The molecule has 0 saturated carbocycles. The van der Waals surface area contributed by atoms with Crippen LogP contribution in [0.15, 0.2) is 133 Å². The maximum absolute atomic E-state index is 13.0. The van der Waals surface area contributed by atoms with E-state index < -0.39 is 21.4 Å². The van der Waals surface area contributed by atoms with Crippen molar-refractivity contribution in [2.75, 3.05) is 0 Å². The molecule has 45 heavy (non-hydrogen) atoms. The van der Waals surface area contributed by atoms with Gasteiger partial charge in [0, 0.05) is 16.5 Å². The van der Waals surface area contributed by atoms with Crippen molar-refractivity contribution >= 4 is 64.2 Å². The van der Waals surface area contributed by atoms with Gasteiger partial charge in [-0.25, -0.2) is 0 Å². The van der Waals surface area contributed by atoms with Crippen LogP contribution in [0, 0.1) is 0 Å². The molecule has 0 atom stereocenters. The third kappa shape index (κ3) is 4.32. The molecule has 8 rings (SSSR count). The number of nitrogens with zero attached hydrogens (tertiary/aromatic N) is 1. The first-order chi connectivity index (χ1) is 21.7. The van der Waals surface area contributed by atoms with Gasteiger partial charge in [0.2, 0.25) is 0 Å². The Labute approximate surface area is 255 Å². The highest BCUT2D eigenvalue weighted by molar-refractivity contribution is 7.88. The summed E-state index contributed by atoms with van der Waals surface area (Å²) in [6.45, 7) is 0. The first-order valence-electron chi connectivity index (χ1n) is 14.2. The predicted octanol–water partition coefficient (Wildman–Crippen LogP) is 10.1. The fraction of sp³-hybridized carbons (Fsp3) is 0.0270. The van der Waals surface area contributed by atoms with E-state index >= 15 is 0 Å². The van der Waals surface area contributed by atoms with Crippen molar-refractivity contribution in [2.45, 2.75) is 5.51 Å². The predicted molar refractivity (Wildman–Crippen MR) is 174 cm³/mol. The van der Waals surface area contributed by atoms with Gasteiger partial charge in [0.05, 0.1) is 11.0 Å². The smallest absolute Gasteiger partial charge is 0.376 e. The fourth-order valence-electron chi connectivity index (χ4n) is 6.37. The number of halogens is 3. The van der Waals surface area contributed by atoms with Crippen molar-refractivity contribution < 1.29 is 25.8 Å². The van der Waals surface area contributed by atoms with Crippen LogP contribution in [0.5, 0.6) is 5.75 Å². The normalized spacial score (nSPS) is 12.5. The van der Waals surface area contributed by atoms with Gasteiger partial charge >= 0.3 is 15.6 Å². The summed E-state index contributed by atoms with van der Waals surface area (Å²) in [6, 6.07) is 43.1. The molecule has 0 spiro atoms. The lowest BCUT2D eigenvalue weighted by atomic mass is 9.92. The van der Waals surface area contributed by atoms with E-state index in [-0.39, 0.29) is 0 Å². The molecule has 0 fully saturated rings. The van der Waals surface area contributed by atoms with Crippen molar-refractivity contribution in [1.82, 2.24) is 4.57 Å². The van der Waals surface area contributed by atoms with E-state index in [4.69, 9.17) is 0 Å². The van der Waals surface area contributed by atoms with E-state index in [0.29, 0.717) is 5.39 Å². The minimum Gasteiger partial charge on any atom is -0.376 e. The highest BCUT2D eigenvalue weighted by Gasteiger charge is 2.48. The lowest BCUT2D eigenvalue weighted by Gasteiger charge is -2.15. The van der Waals surface area contributed by atoms with E-state index in [2.05, 4.69) is 69.4 Å². The molecule has 0 saturated heterocycles. The Balaban J connectivity index is 1.30. The minimum atomic E-state index is -5.80. The van der Waals surface area contributed by atoms with Gasteiger partial charge < -0.3 is 8.75 Å². The molecular formula is C37H22F3NO3S. The molecule has 0 radical (unpaired) electrons. The molecule has 0 aliphatic heterocycles. The highest BCUT2D eigenvalue weighted by atomic mass is 32.2. The van der Waals surface area contributed by atoms with Crippen LogP contribution in [-0.2, 0) is 10.1 Å². The topological polar surface area (TPSA) is 48.3 Å². The van der Waals surface area contributed by atoms with Gasteiger partial charge in [-0.1, -0.05) is 84.9 Å². The van der Waals surface area contributed by atoms with Gasteiger partial charge in [0.15, 0.2) is 0 Å². The van der Waals surface area contributed by atoms with Gasteiger partial charge in [-0.3, -0.25) is 0 Å². The third-order valence-electron chi connectivity index (χ3n) is 8.32. The molecule has 0 amide bonds. The van der Waals surface area contributed by atoms with Gasteiger partial charge in [-0.2, -0.15) is 21.6 Å². The van der Waals surface area contributed by atoms with Crippen molar-refractivity contribution in [3.63, 3.8) is 0 Å². The summed E-state index contributed by atoms with van der Waals surface area (Å²) in [5.74, 6) is -0.400. The van der Waals surface area contributed by atoms with Gasteiger partial charge in [-0.05, 0) is 92.0 Å². The Hall–Kier alpha value is -5.34. The second-order valence-electron chi connectivity index (χ2n) is 10.9. The monoisotopic (exact) mass is 617 g/mol. The first-order valence-corrected chi connectivity index (χ1v) is 15.6. The van der Waals surface area contributed by atoms with E-state index in [1.165, 1.54) is 22.9 Å². The molecule has 7 aromatic carbocycles. The lowest BCUT2D eigenvalue weighted by Crippen LogP contribution is -2.28. The number of hydrogen-bond acceptors (Lipinski definition) is 3. The Kier molecular flexibility index (Phi) is 5.95. The molecule has 1 heterocycles. The lowest BCUT2D eigenvalue weighted by molar-refractivity contribution is -0.0500. The molecule has 0 N–H and O–H groups in total. The maximum Gasteiger partial charge on any atom is 0.534 e. The molecule has 1 aromatic heterocycles. The van der Waals surface area contributed by atoms with E-state index in [1.54, 1.807) is 6.07 Å². The Morgan fingerprint density at radius 1 is 0.489 bits per heavy atom. The van der Waals surface area contributed by atoms with Gasteiger partial charge in [-0.15, -0.1) is 0 Å². The number of hydrogen-bond donors (Lipinski definition) is 0. The van der Waals surface area contributed by atoms with E-state index in [0.717, 1.165) is 54.8 Å². The SMILES string of the molecule is O=S(=O)(Oc1ccc2c3ccc(-c4cccc(-n5c6ccccc6c6ccccc65)c4)cc3c3ccccc3c2c1)C(F)(F)F. The number of benzene rings is 7. The zero-order valence-corrected chi connectivity index (χ0v) is 24.2. The fourth-order valence-corrected chi connectivity index (χ4v) is 6.82. The van der Waals surface area contributed by atoms with E-state index in [9.17, 15) is 21.6 Å². The molecule has 0 aliphatic rings. The molecule has 0 bridgehead atoms. The number of para-hydroxylation sites is 2. The average Bonchev–Trinajstić information content (AvgIpc) is 3.38. The van der Waals surface area contributed by atoms with Crippen LogP contribution in [0.1, 0.15) is 0 Å². The van der Waals surface area contributed by atoms with Crippen molar-refractivity contribution in [3.8, 4) is 22.6 Å². The summed E-state index contributed by atoms with van der Waals surface area (Å²) >= 11 is 0. The average molecular weight is 618 g/mol. The summed E-state index contributed by atoms with van der Waals surface area (Å²) in [5.41, 5.74) is -0.207. The summed E-state index contributed by atoms with van der Waals surface area (Å²) in [6.07, 6.45) is 0. The standard InChI is InChI=1S/C37H22F3NO3S/c38-37(39,40)45(42,43)44-26-17-19-30-29-18-16-24(21-33(29)27-10-1-2-11-28(27)34(30)22-26)23-8-7-9-25(20-23)41-35-14-5-3-12-31(35)32-13-4-6-15-36(32)41/h1-22H. The Morgan fingerprint density at radius 2 is 1.00 bits per heavy atom. The van der Waals surface area contributed by atoms with E-state index in [1.807, 2.05) is 54.6 Å². The summed E-state index contributed by atoms with van der Waals surface area (Å²) in [7, 11) is -5.80. The van der Waals surface area contributed by atoms with Crippen LogP contribution < -0.4 is 4.18 Å². The second-order valence-corrected chi connectivity index (χ2v) is 12.5. The second kappa shape index (κ2) is 9.84. The van der Waals surface area contributed by atoms with Crippen LogP contribution in [0.25, 0.3) is 70.9 Å². The summed E-state index contributed by atoms with van der Waals surface area (Å²) in [4.78, 5) is 0. The van der Waals surface area contributed by atoms with Crippen LogP contribution in [0.2, 0.25) is 0 Å². The number of aromatic nitrogens is 1. The van der Waals surface area contributed by atoms with Crippen molar-refractivity contribution in [3.05, 3.63) is 133 Å². The minimum absolute atomic E-state index is 0.400. The molecule has 8 aromatic rings. The third-order valence-corrected chi connectivity index (χ3v) is 9.29. The molecule has 0 aliphatic carbocycles. The zero-order chi connectivity index (χ0) is 30.9. The van der Waals surface area contributed by atoms with Crippen LogP contribution in [0.3, 0.4) is 0 Å². The van der Waals surface area contributed by atoms with Crippen LogP contribution >= 0.6 is 0 Å². The Morgan fingerprint density at radius 3 is 1.62 bits per heavy atom. The highest BCUT2D eigenvalue weighted by Crippen LogP contribution is 2.40. The largest absolute Gasteiger partial charge is 0.534 e. The summed E-state index contributed by atoms with van der Waals surface area (Å²) in [5, 5.41) is 7.24. The molecular weight excluding hydrogens is 595 g/mol. The van der Waals surface area contributed by atoms with Crippen LogP contribution in [-0.4, -0.2) is 18.5 Å².